The Morgan fingerprint density at radius 1 is 1.26 bits per heavy atom. The lowest BCUT2D eigenvalue weighted by molar-refractivity contribution is -0.120. The van der Waals surface area contributed by atoms with Crippen LogP contribution in [0.1, 0.15) is 12.0 Å². The van der Waals surface area contributed by atoms with E-state index in [0.29, 0.717) is 38.0 Å². The average molecular weight is 426 g/mol. The first-order valence-electron chi connectivity index (χ1n) is 10.6. The number of nitrogens with zero attached hydrogens (tertiary/aromatic N) is 4. The van der Waals surface area contributed by atoms with E-state index in [9.17, 15) is 9.18 Å². The predicted molar refractivity (Wildman–Crippen MR) is 120 cm³/mol. The van der Waals surface area contributed by atoms with Crippen molar-refractivity contribution < 1.29 is 9.18 Å². The number of carbonyl (C=O) groups excluding carboxylic acids is 1. The molecule has 2 fully saturated rings. The third-order valence-electron chi connectivity index (χ3n) is 5.59. The van der Waals surface area contributed by atoms with Gasteiger partial charge in [0.2, 0.25) is 5.91 Å². The Labute approximate surface area is 181 Å². The third-order valence-corrected chi connectivity index (χ3v) is 5.59. The number of piperazine rings is 1. The number of pyridine rings is 1. The van der Waals surface area contributed by atoms with Crippen molar-refractivity contribution in [1.82, 2.24) is 20.9 Å². The van der Waals surface area contributed by atoms with Crippen molar-refractivity contribution >= 4 is 23.4 Å². The van der Waals surface area contributed by atoms with E-state index in [1.807, 2.05) is 17.0 Å². The van der Waals surface area contributed by atoms with E-state index < -0.39 is 0 Å². The van der Waals surface area contributed by atoms with Crippen molar-refractivity contribution in [2.75, 3.05) is 49.6 Å². The van der Waals surface area contributed by atoms with Gasteiger partial charge in [-0.15, -0.1) is 0 Å². The summed E-state index contributed by atoms with van der Waals surface area (Å²) in [5.41, 5.74) is 2.17. The molecular weight excluding hydrogens is 397 g/mol. The molecule has 2 aromatic rings. The van der Waals surface area contributed by atoms with Crippen molar-refractivity contribution in [3.8, 4) is 0 Å². The van der Waals surface area contributed by atoms with Crippen molar-refractivity contribution in [2.45, 2.75) is 19.0 Å². The summed E-state index contributed by atoms with van der Waals surface area (Å²) < 4.78 is 14.0. The highest BCUT2D eigenvalue weighted by atomic mass is 19.1. The average Bonchev–Trinajstić information content (AvgIpc) is 3.25. The molecule has 8 nitrogen and oxygen atoms in total. The molecule has 0 saturated carbocycles. The van der Waals surface area contributed by atoms with Crippen LogP contribution in [0.4, 0.5) is 15.9 Å². The Kier molecular flexibility index (Phi) is 6.49. The number of guanidine groups is 1. The Morgan fingerprint density at radius 3 is 2.84 bits per heavy atom. The van der Waals surface area contributed by atoms with Crippen LogP contribution in [-0.2, 0) is 11.3 Å². The Morgan fingerprint density at radius 2 is 2.10 bits per heavy atom. The van der Waals surface area contributed by atoms with Gasteiger partial charge in [0.1, 0.15) is 0 Å². The van der Waals surface area contributed by atoms with Crippen LogP contribution in [0.25, 0.3) is 0 Å². The third kappa shape index (κ3) is 5.22. The molecule has 0 radical (unpaired) electrons. The van der Waals surface area contributed by atoms with E-state index in [1.54, 1.807) is 19.3 Å². The number of nitrogens with one attached hydrogen (secondary N) is 3. The summed E-state index contributed by atoms with van der Waals surface area (Å²) in [5, 5.41) is 9.60. The maximum absolute atomic E-state index is 14.0. The van der Waals surface area contributed by atoms with Crippen LogP contribution >= 0.6 is 0 Å². The van der Waals surface area contributed by atoms with Gasteiger partial charge in [0, 0.05) is 57.7 Å². The van der Waals surface area contributed by atoms with Gasteiger partial charge in [-0.2, -0.15) is 0 Å². The number of carbonyl (C=O) groups is 1. The van der Waals surface area contributed by atoms with E-state index in [2.05, 4.69) is 43.0 Å². The normalized spacial score (nSPS) is 19.4. The number of aromatic nitrogens is 1. The van der Waals surface area contributed by atoms with E-state index in [4.69, 9.17) is 0 Å². The number of aliphatic imine (C=N–C) groups is 1. The minimum atomic E-state index is -0.292. The number of amides is 1. The molecule has 0 bridgehead atoms. The van der Waals surface area contributed by atoms with Crippen LogP contribution in [0.15, 0.2) is 47.6 Å². The molecule has 3 N–H and O–H groups in total. The Hall–Kier alpha value is -3.36. The smallest absolute Gasteiger partial charge is 0.239 e. The summed E-state index contributed by atoms with van der Waals surface area (Å²) in [5.74, 6) is 0.883. The second-order valence-electron chi connectivity index (χ2n) is 7.75. The topological polar surface area (TPSA) is 84.9 Å². The Bertz CT molecular complexity index is 934. The highest BCUT2D eigenvalue weighted by Crippen LogP contribution is 2.21. The molecule has 0 aliphatic carbocycles. The van der Waals surface area contributed by atoms with E-state index >= 15 is 0 Å². The fraction of sp³-hybridized carbons (Fsp3) is 0.409. The molecule has 2 aliphatic rings. The molecule has 0 spiro atoms. The molecule has 3 heterocycles. The van der Waals surface area contributed by atoms with Crippen molar-refractivity contribution in [2.24, 2.45) is 4.99 Å². The van der Waals surface area contributed by atoms with Gasteiger partial charge in [-0.25, -0.2) is 9.37 Å². The number of hydrogen-bond donors (Lipinski definition) is 3. The van der Waals surface area contributed by atoms with Crippen LogP contribution in [-0.4, -0.2) is 62.7 Å². The first-order chi connectivity index (χ1) is 15.1. The number of benzene rings is 1. The molecular formula is C22H28FN7O. The van der Waals surface area contributed by atoms with Crippen molar-refractivity contribution in [3.05, 3.63) is 54.0 Å². The van der Waals surface area contributed by atoms with Gasteiger partial charge in [-0.05, 0) is 36.2 Å². The lowest BCUT2D eigenvalue weighted by Crippen LogP contribution is -2.47. The zero-order valence-corrected chi connectivity index (χ0v) is 17.6. The zero-order chi connectivity index (χ0) is 21.6. The zero-order valence-electron chi connectivity index (χ0n) is 17.6. The maximum Gasteiger partial charge on any atom is 0.239 e. The van der Waals surface area contributed by atoms with Gasteiger partial charge in [0.25, 0.3) is 0 Å². The van der Waals surface area contributed by atoms with Gasteiger partial charge < -0.3 is 25.8 Å². The summed E-state index contributed by atoms with van der Waals surface area (Å²) in [6.07, 6.45) is 2.50. The van der Waals surface area contributed by atoms with Crippen LogP contribution in [0.2, 0.25) is 0 Å². The molecule has 2 saturated heterocycles. The molecule has 1 aromatic carbocycles. The van der Waals surface area contributed by atoms with E-state index in [-0.39, 0.29) is 17.8 Å². The van der Waals surface area contributed by atoms with Gasteiger partial charge in [-0.1, -0.05) is 12.1 Å². The monoisotopic (exact) mass is 425 g/mol. The maximum atomic E-state index is 14.0. The molecule has 164 valence electrons. The summed E-state index contributed by atoms with van der Waals surface area (Å²) in [7, 11) is 1.74. The summed E-state index contributed by atoms with van der Waals surface area (Å²) in [6, 6.07) is 11.4. The highest BCUT2D eigenvalue weighted by Gasteiger charge is 2.26. The van der Waals surface area contributed by atoms with Gasteiger partial charge in [-0.3, -0.25) is 9.79 Å². The fourth-order valence-electron chi connectivity index (χ4n) is 3.94. The molecule has 9 heteroatoms. The minimum absolute atomic E-state index is 0.0585. The Balaban J connectivity index is 1.27. The van der Waals surface area contributed by atoms with Crippen LogP contribution in [0.5, 0.6) is 0 Å². The molecule has 4 rings (SSSR count). The van der Waals surface area contributed by atoms with E-state index in [1.165, 1.54) is 6.07 Å². The SMILES string of the molecule is CN=C(NCc1ccc(N2CCNC(=O)C2)cc1)NC1CCN(c2ncccc2F)C1. The highest BCUT2D eigenvalue weighted by molar-refractivity contribution is 5.82. The standard InChI is InChI=1S/C22H28FN7O/c1-24-22(28-17-8-11-30(14-17)21-19(23)3-2-9-26-21)27-13-16-4-6-18(7-5-16)29-12-10-25-20(31)15-29/h2-7,9,17H,8,10-15H2,1H3,(H,25,31)(H2,24,27,28). The summed E-state index contributed by atoms with van der Waals surface area (Å²) in [6.45, 7) is 3.95. The van der Waals surface area contributed by atoms with Crippen LogP contribution in [0, 0.1) is 5.82 Å². The predicted octanol–water partition coefficient (Wildman–Crippen LogP) is 1.10. The first kappa shape index (κ1) is 20.9. The molecule has 1 unspecified atom stereocenters. The summed E-state index contributed by atoms with van der Waals surface area (Å²) in [4.78, 5) is 24.1. The van der Waals surface area contributed by atoms with Crippen LogP contribution < -0.4 is 25.8 Å². The van der Waals surface area contributed by atoms with E-state index in [0.717, 1.165) is 30.8 Å². The molecule has 1 atom stereocenters. The molecule has 1 aromatic heterocycles. The molecule has 1 amide bonds. The quantitative estimate of drug-likeness (QED) is 0.492. The van der Waals surface area contributed by atoms with Gasteiger partial charge in [0.05, 0.1) is 6.54 Å². The lowest BCUT2D eigenvalue weighted by Gasteiger charge is -2.28. The first-order valence-corrected chi connectivity index (χ1v) is 10.6. The van der Waals surface area contributed by atoms with Crippen LogP contribution in [0.3, 0.4) is 0 Å². The summed E-state index contributed by atoms with van der Waals surface area (Å²) >= 11 is 0. The number of anilines is 2. The minimum Gasteiger partial charge on any atom is -0.360 e. The van der Waals surface area contributed by atoms with Gasteiger partial charge in [0.15, 0.2) is 17.6 Å². The fourth-order valence-corrected chi connectivity index (χ4v) is 3.94. The second kappa shape index (κ2) is 9.63. The lowest BCUT2D eigenvalue weighted by atomic mass is 10.2. The van der Waals surface area contributed by atoms with Gasteiger partial charge >= 0.3 is 0 Å². The number of rotatable bonds is 5. The number of halogens is 1. The largest absolute Gasteiger partial charge is 0.360 e. The molecule has 31 heavy (non-hydrogen) atoms. The van der Waals surface area contributed by atoms with Crippen molar-refractivity contribution in [1.29, 1.82) is 0 Å². The second-order valence-corrected chi connectivity index (χ2v) is 7.75. The molecule has 2 aliphatic heterocycles. The number of hydrogen-bond acceptors (Lipinski definition) is 5. The van der Waals surface area contributed by atoms with Crippen molar-refractivity contribution in [3.63, 3.8) is 0 Å².